The number of hydrogen-bond acceptors (Lipinski definition) is 7. The predicted molar refractivity (Wildman–Crippen MR) is 367 cm³/mol. The SMILES string of the molecule is CC/C=C\C/C=C\C/C=C\C/C=C\C/C=C\C/C=C\CCCCCCCCC(=O)NC(COP(=O)([O-])OCC[N+](C)(C)C)C(/C=C/CCCCCCCCCCC)OC(=O)CCCCCCCCCCCCCCC/C=C\C/C=C\CCCCC. The molecule has 0 heterocycles. The summed E-state index contributed by atoms with van der Waals surface area (Å²) in [5.41, 5.74) is 0. The lowest BCUT2D eigenvalue weighted by Gasteiger charge is -2.30. The smallest absolute Gasteiger partial charge is 0.306 e. The molecule has 0 aromatic carbocycles. The van der Waals surface area contributed by atoms with Gasteiger partial charge in [-0.3, -0.25) is 14.2 Å². The number of rotatable bonds is 63. The average molecular weight is 1210 g/mol. The fourth-order valence-corrected chi connectivity index (χ4v) is 10.5. The summed E-state index contributed by atoms with van der Waals surface area (Å²) in [4.78, 5) is 40.2. The van der Waals surface area contributed by atoms with E-state index < -0.39 is 26.6 Å². The van der Waals surface area contributed by atoms with E-state index >= 15 is 0 Å². The van der Waals surface area contributed by atoms with E-state index in [9.17, 15) is 19.0 Å². The summed E-state index contributed by atoms with van der Waals surface area (Å²) in [5.74, 6) is -0.558. The monoisotopic (exact) mass is 1200 g/mol. The van der Waals surface area contributed by atoms with E-state index in [1.807, 2.05) is 33.3 Å². The van der Waals surface area contributed by atoms with Gasteiger partial charge in [0.2, 0.25) is 5.91 Å². The van der Waals surface area contributed by atoms with Crippen molar-refractivity contribution >= 4 is 19.7 Å². The first-order valence-electron chi connectivity index (χ1n) is 35.2. The van der Waals surface area contributed by atoms with Crippen molar-refractivity contribution in [3.8, 4) is 0 Å². The molecule has 0 fully saturated rings. The second-order valence-electron chi connectivity index (χ2n) is 24.6. The van der Waals surface area contributed by atoms with Crippen molar-refractivity contribution < 1.29 is 37.3 Å². The van der Waals surface area contributed by atoms with Gasteiger partial charge in [0.1, 0.15) is 19.3 Å². The van der Waals surface area contributed by atoms with Crippen molar-refractivity contribution in [2.75, 3.05) is 40.9 Å². The lowest BCUT2D eigenvalue weighted by atomic mass is 10.0. The number of phosphoric ester groups is 1. The van der Waals surface area contributed by atoms with Crippen LogP contribution in [-0.4, -0.2) is 69.4 Å². The van der Waals surface area contributed by atoms with Gasteiger partial charge in [-0.25, -0.2) is 0 Å². The summed E-state index contributed by atoms with van der Waals surface area (Å²) in [7, 11) is 1.17. The molecule has 0 saturated heterocycles. The number of carbonyl (C=O) groups excluding carboxylic acids is 2. The molecular weight excluding hydrogens is 1070 g/mol. The number of carbonyl (C=O) groups is 2. The Labute approximate surface area is 525 Å². The zero-order chi connectivity index (χ0) is 62.1. The molecule has 10 heteroatoms. The molecule has 0 aromatic rings. The predicted octanol–water partition coefficient (Wildman–Crippen LogP) is 21.8. The Balaban J connectivity index is 5.08. The van der Waals surface area contributed by atoms with E-state index in [-0.39, 0.29) is 24.9 Å². The van der Waals surface area contributed by atoms with Gasteiger partial charge in [0.05, 0.1) is 33.8 Å². The van der Waals surface area contributed by atoms with Crippen molar-refractivity contribution in [1.29, 1.82) is 0 Å². The van der Waals surface area contributed by atoms with E-state index in [0.29, 0.717) is 17.4 Å². The first-order valence-corrected chi connectivity index (χ1v) is 36.7. The second-order valence-corrected chi connectivity index (χ2v) is 26.1. The summed E-state index contributed by atoms with van der Waals surface area (Å²) in [6.45, 7) is 6.70. The molecule has 0 aromatic heterocycles. The molecular formula is C75H133N2O7P. The van der Waals surface area contributed by atoms with Crippen molar-refractivity contribution in [3.63, 3.8) is 0 Å². The number of ether oxygens (including phenoxy) is 1. The Morgan fingerprint density at radius 2 is 0.753 bits per heavy atom. The normalized spacial score (nSPS) is 14.2. The molecule has 0 spiro atoms. The Hall–Kier alpha value is -3.33. The Kier molecular flexibility index (Phi) is 61.2. The van der Waals surface area contributed by atoms with Crippen molar-refractivity contribution in [2.24, 2.45) is 0 Å². The van der Waals surface area contributed by atoms with Crippen LogP contribution in [0.3, 0.4) is 0 Å². The topological polar surface area (TPSA) is 114 Å². The molecule has 0 radical (unpaired) electrons. The number of allylic oxidation sites excluding steroid dienone is 17. The van der Waals surface area contributed by atoms with Gasteiger partial charge in [-0.1, -0.05) is 285 Å². The number of amides is 1. The maximum Gasteiger partial charge on any atom is 0.306 e. The number of nitrogens with zero attached hydrogens (tertiary/aromatic N) is 1. The van der Waals surface area contributed by atoms with Crippen LogP contribution in [0.15, 0.2) is 109 Å². The summed E-state index contributed by atoms with van der Waals surface area (Å²) >= 11 is 0. The largest absolute Gasteiger partial charge is 0.756 e. The first kappa shape index (κ1) is 81.7. The molecule has 0 aliphatic carbocycles. The van der Waals surface area contributed by atoms with Gasteiger partial charge in [-0.15, -0.1) is 0 Å². The minimum Gasteiger partial charge on any atom is -0.756 e. The Morgan fingerprint density at radius 1 is 0.424 bits per heavy atom. The van der Waals surface area contributed by atoms with Crippen LogP contribution in [0.5, 0.6) is 0 Å². The highest BCUT2D eigenvalue weighted by Gasteiger charge is 2.27. The van der Waals surface area contributed by atoms with Crippen molar-refractivity contribution in [1.82, 2.24) is 5.32 Å². The summed E-state index contributed by atoms with van der Waals surface area (Å²) in [5, 5.41) is 3.03. The van der Waals surface area contributed by atoms with Gasteiger partial charge in [0.25, 0.3) is 7.82 Å². The maximum atomic E-state index is 13.6. The van der Waals surface area contributed by atoms with Crippen LogP contribution in [0.2, 0.25) is 0 Å². The van der Waals surface area contributed by atoms with Crippen LogP contribution in [-0.2, 0) is 27.9 Å². The highest BCUT2D eigenvalue weighted by atomic mass is 31.2. The lowest BCUT2D eigenvalue weighted by Crippen LogP contribution is -2.47. The van der Waals surface area contributed by atoms with E-state index in [2.05, 4.69) is 123 Å². The highest BCUT2D eigenvalue weighted by molar-refractivity contribution is 7.45. The van der Waals surface area contributed by atoms with Gasteiger partial charge in [-0.05, 0) is 115 Å². The number of nitrogens with one attached hydrogen (secondary N) is 1. The maximum absolute atomic E-state index is 13.6. The quantitative estimate of drug-likeness (QED) is 0.0212. The van der Waals surface area contributed by atoms with Gasteiger partial charge >= 0.3 is 5.97 Å². The van der Waals surface area contributed by atoms with Crippen LogP contribution in [0, 0.1) is 0 Å². The average Bonchev–Trinajstić information content (AvgIpc) is 3.64. The van der Waals surface area contributed by atoms with Crippen LogP contribution in [0.1, 0.15) is 303 Å². The van der Waals surface area contributed by atoms with E-state index in [0.717, 1.165) is 128 Å². The molecule has 0 saturated carbocycles. The van der Waals surface area contributed by atoms with Gasteiger partial charge in [-0.2, -0.15) is 0 Å². The molecule has 490 valence electrons. The standard InChI is InChI=1S/C75H133N2O7P/c1-7-10-13-16-19-22-25-27-29-31-33-35-37-38-40-41-43-45-47-49-52-55-58-61-64-67-74(78)76-72(71-83-85(80,81)82-70-69-77(4,5)6)73(66-63-60-57-54-51-24-21-18-15-12-9-3)84-75(79)68-65-62-59-56-53-50-48-46-44-42-39-36-34-32-30-28-26-23-20-17-14-11-8-2/h10,13,19-20,22-23,27-30,33,35,38,40,43,45,63,66,72-73H,7-9,11-12,14-18,21,24-26,31-32,34,36-37,39,41-42,44,46-62,64-65,67-71H2,1-6H3,(H-,76,78,80,81)/b13-10-,22-19-,23-20-,29-27-,30-28-,35-33-,40-38-,45-43-,66-63+. The zero-order valence-corrected chi connectivity index (χ0v) is 56.9. The third-order valence-corrected chi connectivity index (χ3v) is 16.2. The fraction of sp³-hybridized carbons (Fsp3) is 0.733. The second kappa shape index (κ2) is 63.7. The zero-order valence-electron chi connectivity index (χ0n) is 56.0. The third-order valence-electron chi connectivity index (χ3n) is 15.2. The minimum atomic E-state index is -4.71. The first-order chi connectivity index (χ1) is 41.4. The number of esters is 1. The molecule has 0 bridgehead atoms. The number of hydrogen-bond donors (Lipinski definition) is 1. The Bertz CT molecular complexity index is 1820. The molecule has 0 aliphatic heterocycles. The fourth-order valence-electron chi connectivity index (χ4n) is 9.79. The molecule has 0 rings (SSSR count). The van der Waals surface area contributed by atoms with Crippen LogP contribution in [0.4, 0.5) is 0 Å². The minimum absolute atomic E-state index is 0.0301. The van der Waals surface area contributed by atoms with Crippen LogP contribution in [0.25, 0.3) is 0 Å². The van der Waals surface area contributed by atoms with Crippen LogP contribution >= 0.6 is 7.82 Å². The molecule has 3 atom stereocenters. The van der Waals surface area contributed by atoms with Gasteiger partial charge < -0.3 is 28.5 Å². The van der Waals surface area contributed by atoms with E-state index in [1.165, 1.54) is 141 Å². The number of phosphoric acid groups is 1. The van der Waals surface area contributed by atoms with Crippen molar-refractivity contribution in [3.05, 3.63) is 109 Å². The summed E-state index contributed by atoms with van der Waals surface area (Å²) < 4.78 is 30.4. The number of unbranched alkanes of at least 4 members (excludes halogenated alkanes) is 31. The molecule has 1 amide bonds. The van der Waals surface area contributed by atoms with Crippen LogP contribution < -0.4 is 10.2 Å². The van der Waals surface area contributed by atoms with Gasteiger partial charge in [0.15, 0.2) is 0 Å². The number of likely N-dealkylation sites (N-methyl/N-ethyl adjacent to an activating group) is 1. The molecule has 85 heavy (non-hydrogen) atoms. The molecule has 9 nitrogen and oxygen atoms in total. The van der Waals surface area contributed by atoms with E-state index in [1.54, 1.807) is 0 Å². The molecule has 1 N–H and O–H groups in total. The third kappa shape index (κ3) is 65.0. The summed E-state index contributed by atoms with van der Waals surface area (Å²) in [6, 6.07) is -0.904. The number of quaternary nitrogens is 1. The highest BCUT2D eigenvalue weighted by Crippen LogP contribution is 2.38. The molecule has 3 unspecified atom stereocenters. The van der Waals surface area contributed by atoms with Crippen molar-refractivity contribution in [2.45, 2.75) is 315 Å². The molecule has 0 aliphatic rings. The van der Waals surface area contributed by atoms with E-state index in [4.69, 9.17) is 13.8 Å². The Morgan fingerprint density at radius 3 is 1.15 bits per heavy atom. The lowest BCUT2D eigenvalue weighted by molar-refractivity contribution is -0.870. The summed E-state index contributed by atoms with van der Waals surface area (Å²) in [6.07, 6.45) is 87.8. The van der Waals surface area contributed by atoms with Gasteiger partial charge in [0, 0.05) is 12.8 Å².